The highest BCUT2D eigenvalue weighted by molar-refractivity contribution is 5.57. The lowest BCUT2D eigenvalue weighted by atomic mass is 9.83. The maximum absolute atomic E-state index is 10.3. The molecule has 0 unspecified atom stereocenters. The van der Waals surface area contributed by atoms with Gasteiger partial charge in [0.15, 0.2) is 11.5 Å². The van der Waals surface area contributed by atoms with Crippen molar-refractivity contribution in [2.45, 2.75) is 85.5 Å². The molecule has 136 valence electrons. The lowest BCUT2D eigenvalue weighted by Crippen LogP contribution is -2.10. The maximum Gasteiger partial charge on any atom is 0.200 e. The van der Waals surface area contributed by atoms with E-state index < -0.39 is 0 Å². The maximum atomic E-state index is 10.3. The van der Waals surface area contributed by atoms with Gasteiger partial charge in [0.25, 0.3) is 0 Å². The Morgan fingerprint density at radius 2 is 1.71 bits per heavy atom. The first-order valence-corrected chi connectivity index (χ1v) is 9.43. The highest BCUT2D eigenvalue weighted by atomic mass is 16.3. The summed E-state index contributed by atoms with van der Waals surface area (Å²) in [5.74, 6) is -0.715. The molecule has 0 heterocycles. The molecule has 0 bridgehead atoms. The van der Waals surface area contributed by atoms with Gasteiger partial charge < -0.3 is 15.3 Å². The number of aryl methyl sites for hydroxylation is 1. The van der Waals surface area contributed by atoms with E-state index in [4.69, 9.17) is 0 Å². The Morgan fingerprint density at radius 3 is 2.29 bits per heavy atom. The number of hydrogen-bond acceptors (Lipinski definition) is 3. The molecule has 3 N–H and O–H groups in total. The third-order valence-electron chi connectivity index (χ3n) is 6.02. The number of benzene rings is 1. The molecule has 3 nitrogen and oxygen atoms in total. The van der Waals surface area contributed by atoms with E-state index in [1.807, 2.05) is 0 Å². The van der Waals surface area contributed by atoms with Crippen LogP contribution < -0.4 is 0 Å². The normalized spacial score (nSPS) is 16.3. The number of phenols is 3. The molecule has 1 aromatic carbocycles. The Balaban J connectivity index is 2.06. The second-order valence-corrected chi connectivity index (χ2v) is 8.77. The summed E-state index contributed by atoms with van der Waals surface area (Å²) in [5, 5.41) is 30.0. The van der Waals surface area contributed by atoms with Gasteiger partial charge in [-0.2, -0.15) is 0 Å². The van der Waals surface area contributed by atoms with E-state index in [-0.39, 0.29) is 17.2 Å². The molecule has 24 heavy (non-hydrogen) atoms. The fourth-order valence-electron chi connectivity index (χ4n) is 3.33. The van der Waals surface area contributed by atoms with E-state index in [0.717, 1.165) is 49.7 Å². The average molecular weight is 334 g/mol. The van der Waals surface area contributed by atoms with Crippen molar-refractivity contribution >= 4 is 0 Å². The quantitative estimate of drug-likeness (QED) is 0.509. The predicted octanol–water partition coefficient (Wildman–Crippen LogP) is 5.69. The Hall–Kier alpha value is -1.38. The number of hydrogen-bond donors (Lipinski definition) is 3. The van der Waals surface area contributed by atoms with Crippen LogP contribution in [0.1, 0.15) is 83.8 Å². The highest BCUT2D eigenvalue weighted by Crippen LogP contribution is 2.49. The zero-order valence-corrected chi connectivity index (χ0v) is 15.8. The topological polar surface area (TPSA) is 60.7 Å². The van der Waals surface area contributed by atoms with Crippen molar-refractivity contribution in [1.82, 2.24) is 0 Å². The van der Waals surface area contributed by atoms with Crippen molar-refractivity contribution in [3.63, 3.8) is 0 Å². The van der Waals surface area contributed by atoms with Crippen LogP contribution >= 0.6 is 0 Å². The van der Waals surface area contributed by atoms with Crippen molar-refractivity contribution < 1.29 is 15.3 Å². The summed E-state index contributed by atoms with van der Waals surface area (Å²) in [5.41, 5.74) is 2.63. The van der Waals surface area contributed by atoms with Crippen LogP contribution in [0, 0.1) is 10.8 Å². The molecule has 0 radical (unpaired) electrons. The number of aromatic hydroxyl groups is 3. The zero-order valence-electron chi connectivity index (χ0n) is 15.8. The number of phenolic OH excluding ortho intramolecular Hbond substituents is 3. The van der Waals surface area contributed by atoms with Gasteiger partial charge in [-0.1, -0.05) is 34.1 Å². The molecule has 0 aliphatic heterocycles. The lowest BCUT2D eigenvalue weighted by molar-refractivity contribution is 0.311. The van der Waals surface area contributed by atoms with E-state index >= 15 is 0 Å². The van der Waals surface area contributed by atoms with Crippen LogP contribution in [0.15, 0.2) is 6.07 Å². The largest absolute Gasteiger partial charge is 0.504 e. The van der Waals surface area contributed by atoms with Crippen molar-refractivity contribution in [1.29, 1.82) is 0 Å². The molecule has 0 amide bonds. The van der Waals surface area contributed by atoms with Gasteiger partial charge in [0.1, 0.15) is 0 Å². The second-order valence-electron chi connectivity index (χ2n) is 8.77. The standard InChI is InChI=1S/C21H34O3/c1-5-20(2,3)10-7-9-16-15(8-6-11-21(4)12-13-21)14-17(22)19(24)18(16)23/h14,22-24H,5-13H2,1-4H3. The Kier molecular flexibility index (Phi) is 5.72. The van der Waals surface area contributed by atoms with E-state index in [2.05, 4.69) is 27.7 Å². The fourth-order valence-corrected chi connectivity index (χ4v) is 3.33. The van der Waals surface area contributed by atoms with Gasteiger partial charge >= 0.3 is 0 Å². The minimum Gasteiger partial charge on any atom is -0.504 e. The SMILES string of the molecule is CCC(C)(C)CCCc1c(CCCC2(C)CC2)cc(O)c(O)c1O. The van der Waals surface area contributed by atoms with Gasteiger partial charge in [0.05, 0.1) is 0 Å². The molecule has 1 aliphatic rings. The smallest absolute Gasteiger partial charge is 0.200 e. The molecular formula is C21H34O3. The average Bonchev–Trinajstić information content (AvgIpc) is 3.25. The monoisotopic (exact) mass is 334 g/mol. The predicted molar refractivity (Wildman–Crippen MR) is 98.7 cm³/mol. The van der Waals surface area contributed by atoms with Crippen molar-refractivity contribution in [2.75, 3.05) is 0 Å². The van der Waals surface area contributed by atoms with Crippen LogP contribution in [0.4, 0.5) is 0 Å². The Bertz CT molecular complexity index is 571. The van der Waals surface area contributed by atoms with E-state index in [1.54, 1.807) is 6.07 Å². The van der Waals surface area contributed by atoms with E-state index in [9.17, 15) is 15.3 Å². The van der Waals surface area contributed by atoms with Gasteiger partial charge in [0, 0.05) is 5.56 Å². The number of rotatable bonds is 9. The van der Waals surface area contributed by atoms with Gasteiger partial charge in [-0.3, -0.25) is 0 Å². The van der Waals surface area contributed by atoms with Gasteiger partial charge in [-0.05, 0) is 73.8 Å². The third kappa shape index (κ3) is 4.81. The van der Waals surface area contributed by atoms with Crippen LogP contribution in [-0.4, -0.2) is 15.3 Å². The second kappa shape index (κ2) is 7.25. The molecule has 1 saturated carbocycles. The van der Waals surface area contributed by atoms with Crippen LogP contribution in [0.25, 0.3) is 0 Å². The molecule has 0 spiro atoms. The Labute approximate surface area is 146 Å². The summed E-state index contributed by atoms with van der Waals surface area (Å²) >= 11 is 0. The Morgan fingerprint density at radius 1 is 1.04 bits per heavy atom. The third-order valence-corrected chi connectivity index (χ3v) is 6.02. The first-order chi connectivity index (χ1) is 11.2. The van der Waals surface area contributed by atoms with Crippen LogP contribution in [0.5, 0.6) is 17.2 Å². The molecule has 1 fully saturated rings. The molecule has 1 aromatic rings. The molecule has 0 aromatic heterocycles. The van der Waals surface area contributed by atoms with Crippen molar-refractivity contribution in [3.05, 3.63) is 17.2 Å². The lowest BCUT2D eigenvalue weighted by Gasteiger charge is -2.23. The van der Waals surface area contributed by atoms with Crippen LogP contribution in [0.2, 0.25) is 0 Å². The van der Waals surface area contributed by atoms with Crippen molar-refractivity contribution in [3.8, 4) is 17.2 Å². The summed E-state index contributed by atoms with van der Waals surface area (Å²) in [4.78, 5) is 0. The minimum atomic E-state index is -0.377. The first-order valence-electron chi connectivity index (χ1n) is 9.43. The summed E-state index contributed by atoms with van der Waals surface area (Å²) in [6, 6.07) is 1.64. The van der Waals surface area contributed by atoms with Gasteiger partial charge in [-0.15, -0.1) is 0 Å². The fraction of sp³-hybridized carbons (Fsp3) is 0.714. The molecular weight excluding hydrogens is 300 g/mol. The van der Waals surface area contributed by atoms with Crippen molar-refractivity contribution in [2.24, 2.45) is 10.8 Å². The van der Waals surface area contributed by atoms with Crippen LogP contribution in [-0.2, 0) is 12.8 Å². The summed E-state index contributed by atoms with van der Waals surface area (Å²) in [6.45, 7) is 9.05. The summed E-state index contributed by atoms with van der Waals surface area (Å²) in [7, 11) is 0. The van der Waals surface area contributed by atoms with E-state index in [0.29, 0.717) is 10.8 Å². The van der Waals surface area contributed by atoms with Gasteiger partial charge in [0.2, 0.25) is 5.75 Å². The molecule has 2 rings (SSSR count). The highest BCUT2D eigenvalue weighted by Gasteiger charge is 2.36. The summed E-state index contributed by atoms with van der Waals surface area (Å²) < 4.78 is 0. The first kappa shape index (κ1) is 19.0. The zero-order chi connectivity index (χ0) is 18.0. The van der Waals surface area contributed by atoms with Crippen LogP contribution in [0.3, 0.4) is 0 Å². The molecule has 0 saturated heterocycles. The van der Waals surface area contributed by atoms with Gasteiger partial charge in [-0.25, -0.2) is 0 Å². The summed E-state index contributed by atoms with van der Waals surface area (Å²) in [6.07, 6.45) is 9.68. The molecule has 3 heteroatoms. The molecule has 0 atom stereocenters. The van der Waals surface area contributed by atoms with E-state index in [1.165, 1.54) is 19.3 Å². The molecule has 1 aliphatic carbocycles. The minimum absolute atomic E-state index is 0.128.